The molecular weight excluding hydrogens is 448 g/mol. The Hall–Kier alpha value is -2.86. The second-order valence-corrected chi connectivity index (χ2v) is 9.37. The van der Waals surface area contributed by atoms with Crippen molar-refractivity contribution in [2.45, 2.75) is 31.5 Å². The molecule has 5 rings (SSSR count). The third-order valence-corrected chi connectivity index (χ3v) is 7.13. The van der Waals surface area contributed by atoms with E-state index < -0.39 is 5.60 Å². The average Bonchev–Trinajstić information content (AvgIpc) is 3.02. The number of aromatic nitrogens is 1. The first-order chi connectivity index (χ1) is 16.6. The van der Waals surface area contributed by atoms with Crippen molar-refractivity contribution in [1.82, 2.24) is 9.88 Å². The van der Waals surface area contributed by atoms with E-state index in [1.807, 2.05) is 54.7 Å². The molecule has 0 amide bonds. The van der Waals surface area contributed by atoms with Crippen LogP contribution in [0.15, 0.2) is 66.9 Å². The van der Waals surface area contributed by atoms with Crippen molar-refractivity contribution in [2.75, 3.05) is 26.7 Å². The van der Waals surface area contributed by atoms with Gasteiger partial charge >= 0.3 is 0 Å². The molecule has 3 heterocycles. The summed E-state index contributed by atoms with van der Waals surface area (Å²) in [5.74, 6) is 1.65. The lowest BCUT2D eigenvalue weighted by Crippen LogP contribution is -2.42. The van der Waals surface area contributed by atoms with Crippen LogP contribution in [-0.4, -0.2) is 41.7 Å². The summed E-state index contributed by atoms with van der Waals surface area (Å²) in [5, 5.41) is 11.9. The van der Waals surface area contributed by atoms with E-state index in [2.05, 4.69) is 22.0 Å². The van der Waals surface area contributed by atoms with Gasteiger partial charge in [-0.25, -0.2) is 0 Å². The molecule has 1 N–H and O–H groups in total. The highest BCUT2D eigenvalue weighted by Gasteiger charge is 2.33. The van der Waals surface area contributed by atoms with Crippen molar-refractivity contribution in [3.05, 3.63) is 94.3 Å². The molecule has 0 spiro atoms. The minimum atomic E-state index is -0.779. The summed E-state index contributed by atoms with van der Waals surface area (Å²) < 4.78 is 11.5. The highest BCUT2D eigenvalue weighted by molar-refractivity contribution is 6.30. The first-order valence-corrected chi connectivity index (χ1v) is 12.1. The van der Waals surface area contributed by atoms with Gasteiger partial charge in [-0.1, -0.05) is 35.9 Å². The molecule has 1 fully saturated rings. The lowest BCUT2D eigenvalue weighted by atomic mass is 9.84. The van der Waals surface area contributed by atoms with Gasteiger partial charge in [0.25, 0.3) is 0 Å². The van der Waals surface area contributed by atoms with E-state index in [4.69, 9.17) is 21.1 Å². The molecule has 1 saturated heterocycles. The van der Waals surface area contributed by atoms with Crippen LogP contribution in [0, 0.1) is 0 Å². The number of halogens is 1. The van der Waals surface area contributed by atoms with Crippen LogP contribution in [0.3, 0.4) is 0 Å². The number of hydrogen-bond donors (Lipinski definition) is 1. The molecule has 2 aromatic carbocycles. The standard InChI is InChI=1S/C28H29ClN2O3/c1-33-22-10-11-27-25(18-22)23(24-4-2-14-30-26(24)19-34-27)5-3-15-31-16-12-28(32,13-17-31)20-6-8-21(29)9-7-20/h2,4-11,14,18,32H,3,12-13,15-17,19H2,1H3/b23-5-. The van der Waals surface area contributed by atoms with E-state index >= 15 is 0 Å². The van der Waals surface area contributed by atoms with Gasteiger partial charge in [0, 0.05) is 42.0 Å². The average molecular weight is 477 g/mol. The van der Waals surface area contributed by atoms with Crippen molar-refractivity contribution in [2.24, 2.45) is 0 Å². The van der Waals surface area contributed by atoms with Crippen LogP contribution in [0.25, 0.3) is 5.57 Å². The molecule has 2 aliphatic heterocycles. The predicted molar refractivity (Wildman–Crippen MR) is 134 cm³/mol. The van der Waals surface area contributed by atoms with Gasteiger partial charge < -0.3 is 19.5 Å². The zero-order valence-electron chi connectivity index (χ0n) is 19.3. The number of rotatable bonds is 5. The molecule has 0 saturated carbocycles. The number of fused-ring (bicyclic) bond motifs is 2. The van der Waals surface area contributed by atoms with Gasteiger partial charge in [-0.3, -0.25) is 4.98 Å². The monoisotopic (exact) mass is 476 g/mol. The number of methoxy groups -OCH3 is 1. The zero-order chi connectivity index (χ0) is 23.5. The fourth-order valence-electron chi connectivity index (χ4n) is 4.87. The van der Waals surface area contributed by atoms with Crippen molar-refractivity contribution in [1.29, 1.82) is 0 Å². The highest BCUT2D eigenvalue weighted by Crippen LogP contribution is 2.38. The van der Waals surface area contributed by atoms with Gasteiger partial charge in [0.1, 0.15) is 18.1 Å². The number of hydrogen-bond acceptors (Lipinski definition) is 5. The Balaban J connectivity index is 1.31. The van der Waals surface area contributed by atoms with Crippen molar-refractivity contribution in [3.8, 4) is 11.5 Å². The molecule has 1 aromatic heterocycles. The summed E-state index contributed by atoms with van der Waals surface area (Å²) in [7, 11) is 1.68. The Morgan fingerprint density at radius 2 is 1.91 bits per heavy atom. The second-order valence-electron chi connectivity index (χ2n) is 8.94. The number of benzene rings is 2. The quantitative estimate of drug-likeness (QED) is 0.531. The van der Waals surface area contributed by atoms with Gasteiger partial charge in [0.2, 0.25) is 0 Å². The van der Waals surface area contributed by atoms with Gasteiger partial charge in [-0.15, -0.1) is 0 Å². The smallest absolute Gasteiger partial charge is 0.131 e. The maximum atomic E-state index is 11.2. The summed E-state index contributed by atoms with van der Waals surface area (Å²) in [5.41, 5.74) is 4.37. The maximum absolute atomic E-state index is 11.2. The fourth-order valence-corrected chi connectivity index (χ4v) is 4.99. The van der Waals surface area contributed by atoms with Crippen LogP contribution < -0.4 is 9.47 Å². The minimum Gasteiger partial charge on any atom is -0.497 e. The van der Waals surface area contributed by atoms with E-state index in [9.17, 15) is 5.11 Å². The molecule has 3 aromatic rings. The molecule has 5 nitrogen and oxygen atoms in total. The van der Waals surface area contributed by atoms with Crippen LogP contribution in [0.4, 0.5) is 0 Å². The number of nitrogens with zero attached hydrogens (tertiary/aromatic N) is 2. The molecule has 176 valence electrons. The Bertz CT molecular complexity index is 1180. The Labute approximate surface area is 205 Å². The SMILES string of the molecule is COc1ccc2c(c1)/C(=C\CCN1CCC(O)(c3ccc(Cl)cc3)CC1)c1cccnc1CO2. The highest BCUT2D eigenvalue weighted by atomic mass is 35.5. The van der Waals surface area contributed by atoms with E-state index in [1.54, 1.807) is 7.11 Å². The van der Waals surface area contributed by atoms with E-state index in [0.29, 0.717) is 24.5 Å². The second kappa shape index (κ2) is 9.79. The fraction of sp³-hybridized carbons (Fsp3) is 0.321. The van der Waals surface area contributed by atoms with Gasteiger partial charge in [0.05, 0.1) is 18.4 Å². The summed E-state index contributed by atoms with van der Waals surface area (Å²) in [6.45, 7) is 3.08. The number of piperidine rings is 1. The molecule has 0 bridgehead atoms. The topological polar surface area (TPSA) is 54.8 Å². The normalized spacial score (nSPS) is 18.5. The van der Waals surface area contributed by atoms with Crippen molar-refractivity contribution < 1.29 is 14.6 Å². The minimum absolute atomic E-state index is 0.447. The number of aliphatic hydroxyl groups is 1. The van der Waals surface area contributed by atoms with Crippen LogP contribution in [0.1, 0.15) is 41.6 Å². The molecule has 0 radical (unpaired) electrons. The van der Waals surface area contributed by atoms with Gasteiger partial charge in [-0.2, -0.15) is 0 Å². The first kappa shape index (κ1) is 22.9. The van der Waals surface area contributed by atoms with Crippen LogP contribution >= 0.6 is 11.6 Å². The number of ether oxygens (including phenoxy) is 2. The lowest BCUT2D eigenvalue weighted by Gasteiger charge is -2.38. The van der Waals surface area contributed by atoms with E-state index in [1.165, 1.54) is 0 Å². The summed E-state index contributed by atoms with van der Waals surface area (Å²) in [4.78, 5) is 6.98. The number of pyridine rings is 1. The summed E-state index contributed by atoms with van der Waals surface area (Å²) >= 11 is 6.02. The molecule has 34 heavy (non-hydrogen) atoms. The third-order valence-electron chi connectivity index (χ3n) is 6.88. The maximum Gasteiger partial charge on any atom is 0.131 e. The molecule has 2 aliphatic rings. The Morgan fingerprint density at radius 3 is 2.68 bits per heavy atom. The van der Waals surface area contributed by atoms with Crippen molar-refractivity contribution >= 4 is 17.2 Å². The molecular formula is C28H29ClN2O3. The largest absolute Gasteiger partial charge is 0.497 e. The lowest BCUT2D eigenvalue weighted by molar-refractivity contribution is -0.0254. The molecule has 0 unspecified atom stereocenters. The summed E-state index contributed by atoms with van der Waals surface area (Å²) in [6.07, 6.45) is 6.41. The first-order valence-electron chi connectivity index (χ1n) is 11.7. The van der Waals surface area contributed by atoms with E-state index in [-0.39, 0.29) is 0 Å². The van der Waals surface area contributed by atoms with Crippen molar-refractivity contribution in [3.63, 3.8) is 0 Å². The Kier molecular flexibility index (Phi) is 6.59. The number of likely N-dealkylation sites (tertiary alicyclic amines) is 1. The van der Waals surface area contributed by atoms with Gasteiger partial charge in [0.15, 0.2) is 0 Å². The van der Waals surface area contributed by atoms with E-state index in [0.717, 1.165) is 65.5 Å². The molecule has 0 atom stereocenters. The Morgan fingerprint density at radius 1 is 1.12 bits per heavy atom. The van der Waals surface area contributed by atoms with Crippen LogP contribution in [0.2, 0.25) is 5.02 Å². The predicted octanol–water partition coefficient (Wildman–Crippen LogP) is 5.44. The third kappa shape index (κ3) is 4.69. The van der Waals surface area contributed by atoms with Crippen LogP contribution in [-0.2, 0) is 12.2 Å². The summed E-state index contributed by atoms with van der Waals surface area (Å²) in [6, 6.07) is 17.6. The van der Waals surface area contributed by atoms with Crippen LogP contribution in [0.5, 0.6) is 11.5 Å². The molecule has 0 aliphatic carbocycles. The zero-order valence-corrected chi connectivity index (χ0v) is 20.1. The molecule has 6 heteroatoms. The van der Waals surface area contributed by atoms with Gasteiger partial charge in [-0.05, 0) is 66.8 Å².